The standard InChI is InChI=1S/C17H22O2/c1-2-13-7-6-8-14(11-13)19-16-12-15(18)17(16)9-4-3-5-10-17/h6-8,11,16H,2-5,9-10,12H2,1H3. The molecule has 0 saturated heterocycles. The second kappa shape index (κ2) is 4.99. The Kier molecular flexibility index (Phi) is 3.34. The van der Waals surface area contributed by atoms with Gasteiger partial charge in [-0.1, -0.05) is 38.3 Å². The fraction of sp³-hybridized carbons (Fsp3) is 0.588. The van der Waals surface area contributed by atoms with Crippen molar-refractivity contribution in [3.05, 3.63) is 29.8 Å². The number of carbonyl (C=O) groups is 1. The van der Waals surface area contributed by atoms with Crippen LogP contribution in [0.25, 0.3) is 0 Å². The number of aryl methyl sites for hydroxylation is 1. The average Bonchev–Trinajstić information content (AvgIpc) is 2.48. The van der Waals surface area contributed by atoms with Crippen LogP contribution in [-0.4, -0.2) is 11.9 Å². The van der Waals surface area contributed by atoms with Crippen LogP contribution in [0.1, 0.15) is 51.0 Å². The fourth-order valence-electron chi connectivity index (χ4n) is 3.56. The maximum atomic E-state index is 12.1. The van der Waals surface area contributed by atoms with Crippen molar-refractivity contribution in [3.8, 4) is 5.75 Å². The summed E-state index contributed by atoms with van der Waals surface area (Å²) in [6.45, 7) is 2.15. The van der Waals surface area contributed by atoms with Gasteiger partial charge >= 0.3 is 0 Å². The van der Waals surface area contributed by atoms with Crippen LogP contribution in [0.4, 0.5) is 0 Å². The van der Waals surface area contributed by atoms with Gasteiger partial charge in [0, 0.05) is 6.42 Å². The molecule has 1 unspecified atom stereocenters. The number of hydrogen-bond donors (Lipinski definition) is 0. The molecule has 1 spiro atoms. The molecule has 3 rings (SSSR count). The van der Waals surface area contributed by atoms with E-state index in [4.69, 9.17) is 4.74 Å². The monoisotopic (exact) mass is 258 g/mol. The Morgan fingerprint density at radius 2 is 2.05 bits per heavy atom. The lowest BCUT2D eigenvalue weighted by molar-refractivity contribution is -0.156. The van der Waals surface area contributed by atoms with Crippen LogP contribution in [0.15, 0.2) is 24.3 Å². The zero-order valence-corrected chi connectivity index (χ0v) is 11.7. The molecule has 0 heterocycles. The van der Waals surface area contributed by atoms with Crippen molar-refractivity contribution in [3.63, 3.8) is 0 Å². The minimum absolute atomic E-state index is 0.118. The van der Waals surface area contributed by atoms with Gasteiger partial charge in [0.2, 0.25) is 0 Å². The predicted octanol–water partition coefficient (Wildman–Crippen LogP) is 3.92. The number of ketones is 1. The van der Waals surface area contributed by atoms with Gasteiger partial charge in [-0.25, -0.2) is 0 Å². The number of carbonyl (C=O) groups excluding carboxylic acids is 1. The van der Waals surface area contributed by atoms with Gasteiger partial charge in [-0.15, -0.1) is 0 Å². The minimum atomic E-state index is -0.138. The topological polar surface area (TPSA) is 26.3 Å². The lowest BCUT2D eigenvalue weighted by Gasteiger charge is -2.49. The summed E-state index contributed by atoms with van der Waals surface area (Å²) in [5.74, 6) is 1.37. The van der Waals surface area contributed by atoms with E-state index in [1.54, 1.807) is 0 Å². The molecule has 19 heavy (non-hydrogen) atoms. The Hall–Kier alpha value is -1.31. The molecule has 0 aliphatic heterocycles. The number of rotatable bonds is 3. The van der Waals surface area contributed by atoms with Gasteiger partial charge in [0.15, 0.2) is 0 Å². The van der Waals surface area contributed by atoms with Crippen molar-refractivity contribution in [1.82, 2.24) is 0 Å². The van der Waals surface area contributed by atoms with Crippen LogP contribution < -0.4 is 4.74 Å². The molecule has 1 atom stereocenters. The lowest BCUT2D eigenvalue weighted by Crippen LogP contribution is -2.57. The van der Waals surface area contributed by atoms with E-state index in [1.807, 2.05) is 12.1 Å². The van der Waals surface area contributed by atoms with Crippen molar-refractivity contribution in [2.45, 2.75) is 58.0 Å². The van der Waals surface area contributed by atoms with E-state index in [1.165, 1.54) is 24.8 Å². The molecule has 1 aromatic carbocycles. The summed E-state index contributed by atoms with van der Waals surface area (Å²) in [5.41, 5.74) is 1.15. The molecule has 0 amide bonds. The summed E-state index contributed by atoms with van der Waals surface area (Å²) >= 11 is 0. The highest BCUT2D eigenvalue weighted by Gasteiger charge is 2.56. The molecule has 2 fully saturated rings. The smallest absolute Gasteiger partial charge is 0.146 e. The molecule has 0 bridgehead atoms. The average molecular weight is 258 g/mol. The second-order valence-electron chi connectivity index (χ2n) is 5.95. The van der Waals surface area contributed by atoms with Crippen molar-refractivity contribution in [2.24, 2.45) is 5.41 Å². The summed E-state index contributed by atoms with van der Waals surface area (Å²) in [7, 11) is 0. The Labute approximate surface area is 115 Å². The molecular formula is C17H22O2. The Morgan fingerprint density at radius 1 is 1.26 bits per heavy atom. The highest BCUT2D eigenvalue weighted by Crippen LogP contribution is 2.50. The van der Waals surface area contributed by atoms with E-state index < -0.39 is 0 Å². The van der Waals surface area contributed by atoms with E-state index in [0.29, 0.717) is 12.2 Å². The van der Waals surface area contributed by atoms with Crippen molar-refractivity contribution in [1.29, 1.82) is 0 Å². The van der Waals surface area contributed by atoms with Crippen molar-refractivity contribution in [2.75, 3.05) is 0 Å². The zero-order chi connectivity index (χ0) is 13.3. The fourth-order valence-corrected chi connectivity index (χ4v) is 3.56. The molecule has 2 nitrogen and oxygen atoms in total. The third kappa shape index (κ3) is 2.18. The normalized spacial score (nSPS) is 25.1. The quantitative estimate of drug-likeness (QED) is 0.821. The highest BCUT2D eigenvalue weighted by atomic mass is 16.5. The third-order valence-electron chi connectivity index (χ3n) is 4.87. The SMILES string of the molecule is CCc1cccc(OC2CC(=O)C23CCCCC3)c1. The van der Waals surface area contributed by atoms with Crippen LogP contribution in [0.5, 0.6) is 5.75 Å². The number of hydrogen-bond acceptors (Lipinski definition) is 2. The summed E-state index contributed by atoms with van der Waals surface area (Å²) in [5, 5.41) is 0. The molecule has 102 valence electrons. The van der Waals surface area contributed by atoms with E-state index in [9.17, 15) is 4.79 Å². The maximum absolute atomic E-state index is 12.1. The third-order valence-corrected chi connectivity index (χ3v) is 4.87. The molecule has 2 aliphatic carbocycles. The van der Waals surface area contributed by atoms with E-state index in [0.717, 1.165) is 25.0 Å². The first-order valence-electron chi connectivity index (χ1n) is 7.53. The summed E-state index contributed by atoms with van der Waals surface area (Å²) in [6.07, 6.45) is 7.44. The molecule has 2 saturated carbocycles. The summed E-state index contributed by atoms with van der Waals surface area (Å²) < 4.78 is 6.14. The maximum Gasteiger partial charge on any atom is 0.146 e. The molecule has 0 aromatic heterocycles. The Bertz CT molecular complexity index is 472. The first-order valence-corrected chi connectivity index (χ1v) is 7.53. The Morgan fingerprint density at radius 3 is 2.74 bits per heavy atom. The van der Waals surface area contributed by atoms with Gasteiger partial charge in [0.25, 0.3) is 0 Å². The van der Waals surface area contributed by atoms with Crippen LogP contribution in [0, 0.1) is 5.41 Å². The molecule has 2 aliphatic rings. The first-order chi connectivity index (χ1) is 9.24. The van der Waals surface area contributed by atoms with E-state index >= 15 is 0 Å². The van der Waals surface area contributed by atoms with E-state index in [2.05, 4.69) is 19.1 Å². The molecular weight excluding hydrogens is 236 g/mol. The van der Waals surface area contributed by atoms with Gasteiger partial charge < -0.3 is 4.74 Å². The zero-order valence-electron chi connectivity index (χ0n) is 11.7. The van der Waals surface area contributed by atoms with Gasteiger partial charge in [0.1, 0.15) is 17.6 Å². The second-order valence-corrected chi connectivity index (χ2v) is 5.95. The van der Waals surface area contributed by atoms with Crippen molar-refractivity contribution >= 4 is 5.78 Å². The largest absolute Gasteiger partial charge is 0.489 e. The number of benzene rings is 1. The molecule has 2 heteroatoms. The number of Topliss-reactive ketones (excluding diaryl/α,β-unsaturated/α-hetero) is 1. The number of ether oxygens (including phenoxy) is 1. The molecule has 1 aromatic rings. The van der Waals surface area contributed by atoms with Crippen LogP contribution >= 0.6 is 0 Å². The minimum Gasteiger partial charge on any atom is -0.489 e. The summed E-state index contributed by atoms with van der Waals surface area (Å²) in [6, 6.07) is 8.29. The predicted molar refractivity (Wildman–Crippen MR) is 75.4 cm³/mol. The van der Waals surface area contributed by atoms with Crippen LogP contribution in [0.2, 0.25) is 0 Å². The van der Waals surface area contributed by atoms with Gasteiger partial charge in [-0.3, -0.25) is 4.79 Å². The van der Waals surface area contributed by atoms with Crippen LogP contribution in [0.3, 0.4) is 0 Å². The van der Waals surface area contributed by atoms with Crippen molar-refractivity contribution < 1.29 is 9.53 Å². The first kappa shape index (κ1) is 12.7. The van der Waals surface area contributed by atoms with Crippen LogP contribution in [-0.2, 0) is 11.2 Å². The molecule has 0 N–H and O–H groups in total. The summed E-state index contributed by atoms with van der Waals surface area (Å²) in [4.78, 5) is 12.1. The highest BCUT2D eigenvalue weighted by molar-refractivity contribution is 5.92. The van der Waals surface area contributed by atoms with Gasteiger partial charge in [-0.05, 0) is 37.0 Å². The van der Waals surface area contributed by atoms with Gasteiger partial charge in [0.05, 0.1) is 5.41 Å². The van der Waals surface area contributed by atoms with E-state index in [-0.39, 0.29) is 11.5 Å². The van der Waals surface area contributed by atoms with Gasteiger partial charge in [-0.2, -0.15) is 0 Å². The Balaban J connectivity index is 1.74. The lowest BCUT2D eigenvalue weighted by atomic mass is 9.57. The molecule has 0 radical (unpaired) electrons.